The van der Waals surface area contributed by atoms with Gasteiger partial charge >= 0.3 is 0 Å². The first-order chi connectivity index (χ1) is 13.5. The fourth-order valence-corrected chi connectivity index (χ4v) is 5.22. The lowest BCUT2D eigenvalue weighted by molar-refractivity contribution is 0.0747. The Hall–Kier alpha value is -1.85. The Morgan fingerprint density at radius 2 is 1.79 bits per heavy atom. The van der Waals surface area contributed by atoms with Crippen molar-refractivity contribution in [2.75, 3.05) is 47.7 Å². The highest BCUT2D eigenvalue weighted by Gasteiger charge is 2.25. The second kappa shape index (κ2) is 8.26. The van der Waals surface area contributed by atoms with Crippen LogP contribution in [0.5, 0.6) is 0 Å². The van der Waals surface area contributed by atoms with Crippen LogP contribution in [0.3, 0.4) is 0 Å². The molecule has 0 bridgehead atoms. The molecule has 2 aromatic carbocycles. The summed E-state index contributed by atoms with van der Waals surface area (Å²) in [6, 6.07) is 12.4. The zero-order valence-electron chi connectivity index (χ0n) is 16.4. The number of nitrogens with zero attached hydrogens (tertiary/aromatic N) is 3. The van der Waals surface area contributed by atoms with Crippen LogP contribution in [0.25, 0.3) is 0 Å². The third-order valence-corrected chi connectivity index (χ3v) is 6.97. The molecule has 0 N–H and O–H groups in total. The smallest absolute Gasteiger partial charge is 0.255 e. The lowest BCUT2D eigenvalue weighted by Gasteiger charge is -2.37. The molecular weight excluding hydrogens is 390 g/mol. The maximum absolute atomic E-state index is 13.0. The summed E-state index contributed by atoms with van der Waals surface area (Å²) < 4.78 is 2.25. The maximum Gasteiger partial charge on any atom is 0.255 e. The van der Waals surface area contributed by atoms with Crippen molar-refractivity contribution in [2.45, 2.75) is 20.3 Å². The number of benzene rings is 2. The lowest BCUT2D eigenvalue weighted by atomic mass is 10.1. The van der Waals surface area contributed by atoms with Crippen LogP contribution < -0.4 is 9.21 Å². The molecule has 0 spiro atoms. The van der Waals surface area contributed by atoms with Crippen molar-refractivity contribution in [1.29, 1.82) is 0 Å². The number of rotatable bonds is 3. The topological polar surface area (TPSA) is 26.8 Å². The second-order valence-corrected chi connectivity index (χ2v) is 9.04. The lowest BCUT2D eigenvalue weighted by Crippen LogP contribution is -2.49. The van der Waals surface area contributed by atoms with Gasteiger partial charge in [0.15, 0.2) is 0 Å². The van der Waals surface area contributed by atoms with Crippen molar-refractivity contribution in [3.05, 3.63) is 58.1 Å². The van der Waals surface area contributed by atoms with Crippen LogP contribution >= 0.6 is 23.5 Å². The van der Waals surface area contributed by atoms with Gasteiger partial charge in [-0.1, -0.05) is 29.3 Å². The average molecular weight is 416 g/mol. The standard InChI is InChI=1S/C22H26ClN3OS/c1-16-4-7-21(17(2)14-16)24-9-11-25(12-10-24)22(27)19-6-5-18(15-20(19)23)26-8-3-13-28-26/h4-7,14-15H,3,8-13H2,1-2H3. The van der Waals surface area contributed by atoms with E-state index in [9.17, 15) is 4.79 Å². The number of piperazine rings is 1. The number of hydrogen-bond donors (Lipinski definition) is 0. The molecule has 2 aromatic rings. The van der Waals surface area contributed by atoms with Crippen molar-refractivity contribution >= 4 is 40.8 Å². The van der Waals surface area contributed by atoms with Gasteiger partial charge in [0, 0.05) is 49.9 Å². The Balaban J connectivity index is 1.42. The summed E-state index contributed by atoms with van der Waals surface area (Å²) in [5.74, 6) is 1.18. The second-order valence-electron chi connectivity index (χ2n) is 7.52. The molecule has 0 saturated carbocycles. The van der Waals surface area contributed by atoms with Gasteiger partial charge in [-0.25, -0.2) is 0 Å². The fourth-order valence-electron chi connectivity index (χ4n) is 3.96. The van der Waals surface area contributed by atoms with Crippen molar-refractivity contribution < 1.29 is 4.79 Å². The molecule has 2 aliphatic rings. The minimum absolute atomic E-state index is 0.0332. The summed E-state index contributed by atoms with van der Waals surface area (Å²) in [5, 5.41) is 0.548. The molecule has 6 heteroatoms. The van der Waals surface area contributed by atoms with Gasteiger partial charge in [-0.05, 0) is 62.0 Å². The molecule has 4 nitrogen and oxygen atoms in total. The van der Waals surface area contributed by atoms with Gasteiger partial charge in [0.25, 0.3) is 5.91 Å². The van der Waals surface area contributed by atoms with Gasteiger partial charge in [-0.3, -0.25) is 4.79 Å². The van der Waals surface area contributed by atoms with E-state index in [1.165, 1.54) is 23.2 Å². The average Bonchev–Trinajstić information content (AvgIpc) is 3.22. The Labute approximate surface area is 176 Å². The SMILES string of the molecule is Cc1ccc(N2CCN(C(=O)c3ccc(N4CCCS4)cc3Cl)CC2)c(C)c1. The van der Waals surface area contributed by atoms with E-state index in [1.54, 1.807) is 0 Å². The number of halogens is 1. The van der Waals surface area contributed by atoms with Crippen LogP contribution in [0, 0.1) is 13.8 Å². The maximum atomic E-state index is 13.0. The summed E-state index contributed by atoms with van der Waals surface area (Å²) >= 11 is 8.31. The Morgan fingerprint density at radius 1 is 1.00 bits per heavy atom. The predicted molar refractivity (Wildman–Crippen MR) is 120 cm³/mol. The molecule has 2 fully saturated rings. The largest absolute Gasteiger partial charge is 0.368 e. The van der Waals surface area contributed by atoms with Crippen LogP contribution in [0.1, 0.15) is 27.9 Å². The first kappa shape index (κ1) is 19.5. The highest BCUT2D eigenvalue weighted by atomic mass is 35.5. The number of aryl methyl sites for hydroxylation is 2. The highest BCUT2D eigenvalue weighted by molar-refractivity contribution is 8.00. The molecule has 0 aromatic heterocycles. The van der Waals surface area contributed by atoms with E-state index in [4.69, 9.17) is 11.6 Å². The highest BCUT2D eigenvalue weighted by Crippen LogP contribution is 2.32. The van der Waals surface area contributed by atoms with Gasteiger partial charge in [0.1, 0.15) is 0 Å². The van der Waals surface area contributed by atoms with Crippen molar-refractivity contribution in [3.63, 3.8) is 0 Å². The number of hydrogen-bond acceptors (Lipinski definition) is 4. The first-order valence-corrected chi connectivity index (χ1v) is 11.2. The minimum atomic E-state index is 0.0332. The molecule has 28 heavy (non-hydrogen) atoms. The third kappa shape index (κ3) is 3.96. The molecule has 2 aliphatic heterocycles. The molecular formula is C22H26ClN3OS. The molecule has 4 rings (SSSR count). The Morgan fingerprint density at radius 3 is 2.43 bits per heavy atom. The number of carbonyl (C=O) groups is 1. The third-order valence-electron chi connectivity index (χ3n) is 5.48. The zero-order valence-corrected chi connectivity index (χ0v) is 18.0. The monoisotopic (exact) mass is 415 g/mol. The van der Waals surface area contributed by atoms with E-state index >= 15 is 0 Å². The number of carbonyl (C=O) groups excluding carboxylic acids is 1. The fraction of sp³-hybridized carbons (Fsp3) is 0.409. The van der Waals surface area contributed by atoms with Crippen LogP contribution in [0.4, 0.5) is 11.4 Å². The van der Waals surface area contributed by atoms with E-state index in [0.717, 1.165) is 31.1 Å². The van der Waals surface area contributed by atoms with E-state index in [0.29, 0.717) is 23.7 Å². The molecule has 2 saturated heterocycles. The Kier molecular flexibility index (Phi) is 5.74. The molecule has 148 valence electrons. The quantitative estimate of drug-likeness (QED) is 0.674. The normalized spacial score (nSPS) is 17.3. The summed E-state index contributed by atoms with van der Waals surface area (Å²) in [6.45, 7) is 8.42. The zero-order chi connectivity index (χ0) is 19.7. The summed E-state index contributed by atoms with van der Waals surface area (Å²) in [4.78, 5) is 17.3. The first-order valence-electron chi connectivity index (χ1n) is 9.84. The van der Waals surface area contributed by atoms with Crippen molar-refractivity contribution in [2.24, 2.45) is 0 Å². The van der Waals surface area contributed by atoms with Gasteiger partial charge < -0.3 is 14.1 Å². The molecule has 0 radical (unpaired) electrons. The Bertz CT molecular complexity index is 874. The van der Waals surface area contributed by atoms with Crippen molar-refractivity contribution in [3.8, 4) is 0 Å². The van der Waals surface area contributed by atoms with E-state index < -0.39 is 0 Å². The molecule has 2 heterocycles. The molecule has 0 aliphatic carbocycles. The summed E-state index contributed by atoms with van der Waals surface area (Å²) in [7, 11) is 0. The van der Waals surface area contributed by atoms with Gasteiger partial charge in [0.2, 0.25) is 0 Å². The molecule has 1 amide bonds. The summed E-state index contributed by atoms with van der Waals surface area (Å²) in [6.07, 6.45) is 1.19. The van der Waals surface area contributed by atoms with Crippen LogP contribution in [-0.2, 0) is 0 Å². The van der Waals surface area contributed by atoms with Crippen LogP contribution in [0.2, 0.25) is 5.02 Å². The van der Waals surface area contributed by atoms with E-state index in [2.05, 4.69) is 41.3 Å². The van der Waals surface area contributed by atoms with E-state index in [1.807, 2.05) is 35.0 Å². The number of anilines is 2. The minimum Gasteiger partial charge on any atom is -0.368 e. The molecule has 0 atom stereocenters. The van der Waals surface area contributed by atoms with Gasteiger partial charge in [0.05, 0.1) is 10.6 Å². The van der Waals surface area contributed by atoms with Crippen LogP contribution in [-0.4, -0.2) is 49.3 Å². The van der Waals surface area contributed by atoms with E-state index in [-0.39, 0.29) is 5.91 Å². The molecule has 0 unspecified atom stereocenters. The van der Waals surface area contributed by atoms with Crippen LogP contribution in [0.15, 0.2) is 36.4 Å². The summed E-state index contributed by atoms with van der Waals surface area (Å²) in [5.41, 5.74) is 5.53. The van der Waals surface area contributed by atoms with Gasteiger partial charge in [-0.2, -0.15) is 0 Å². The van der Waals surface area contributed by atoms with Crippen molar-refractivity contribution in [1.82, 2.24) is 4.90 Å². The number of amides is 1. The predicted octanol–water partition coefficient (Wildman–Crippen LogP) is 4.78. The van der Waals surface area contributed by atoms with Gasteiger partial charge in [-0.15, -0.1) is 0 Å².